The van der Waals surface area contributed by atoms with Crippen molar-refractivity contribution in [1.82, 2.24) is 5.32 Å². The molecule has 0 aliphatic rings. The number of rotatable bonds is 3. The number of hydrogen-bond donors (Lipinski definition) is 1. The van der Waals surface area contributed by atoms with E-state index in [2.05, 4.69) is 5.32 Å². The van der Waals surface area contributed by atoms with Gasteiger partial charge >= 0.3 is 6.09 Å². The third-order valence-electron chi connectivity index (χ3n) is 3.00. The fourth-order valence-corrected chi connectivity index (χ4v) is 1.99. The first-order valence-corrected chi connectivity index (χ1v) is 6.21. The molecule has 98 valence electrons. The summed E-state index contributed by atoms with van der Waals surface area (Å²) >= 11 is 0. The van der Waals surface area contributed by atoms with E-state index in [9.17, 15) is 4.79 Å². The molecule has 0 radical (unpaired) electrons. The smallest absolute Gasteiger partial charge is 0.407 e. The van der Waals surface area contributed by atoms with Crippen LogP contribution in [0.5, 0.6) is 0 Å². The van der Waals surface area contributed by atoms with E-state index in [1.807, 2.05) is 61.5 Å². The van der Waals surface area contributed by atoms with Gasteiger partial charge in [0, 0.05) is 7.05 Å². The van der Waals surface area contributed by atoms with E-state index in [4.69, 9.17) is 4.74 Å². The van der Waals surface area contributed by atoms with Crippen LogP contribution in [0.3, 0.4) is 0 Å². The minimum Gasteiger partial charge on any atom is -0.436 e. The standard InChI is InChI=1S/C16H17NO2/c1-12-8-6-7-11-14(12)15(19-16(18)17-2)13-9-4-3-5-10-13/h3-11,15H,1-2H3,(H,17,18). The Labute approximate surface area is 113 Å². The third-order valence-corrected chi connectivity index (χ3v) is 3.00. The topological polar surface area (TPSA) is 38.3 Å². The zero-order valence-electron chi connectivity index (χ0n) is 11.1. The van der Waals surface area contributed by atoms with E-state index >= 15 is 0 Å². The van der Waals surface area contributed by atoms with Crippen LogP contribution in [0, 0.1) is 6.92 Å². The van der Waals surface area contributed by atoms with Gasteiger partial charge in [-0.3, -0.25) is 0 Å². The zero-order chi connectivity index (χ0) is 13.7. The van der Waals surface area contributed by atoms with Crippen LogP contribution in [-0.2, 0) is 4.74 Å². The van der Waals surface area contributed by atoms with Crippen molar-refractivity contribution >= 4 is 6.09 Å². The average molecular weight is 255 g/mol. The summed E-state index contributed by atoms with van der Waals surface area (Å²) in [6.45, 7) is 2.01. The Balaban J connectivity index is 2.40. The normalized spacial score (nSPS) is 11.7. The molecule has 1 atom stereocenters. The van der Waals surface area contributed by atoms with Crippen molar-refractivity contribution in [2.24, 2.45) is 0 Å². The maximum Gasteiger partial charge on any atom is 0.407 e. The van der Waals surface area contributed by atoms with Crippen LogP contribution < -0.4 is 5.32 Å². The molecule has 0 fully saturated rings. The van der Waals surface area contributed by atoms with Crippen molar-refractivity contribution in [2.75, 3.05) is 7.05 Å². The number of nitrogens with one attached hydrogen (secondary N) is 1. The molecule has 0 spiro atoms. The summed E-state index contributed by atoms with van der Waals surface area (Å²) in [6.07, 6.45) is -0.820. The molecule has 1 N–H and O–H groups in total. The molecular formula is C16H17NO2. The molecule has 2 aromatic carbocycles. The van der Waals surface area contributed by atoms with Crippen LogP contribution >= 0.6 is 0 Å². The molecule has 2 rings (SSSR count). The highest BCUT2D eigenvalue weighted by molar-refractivity contribution is 5.67. The highest BCUT2D eigenvalue weighted by atomic mass is 16.6. The Morgan fingerprint density at radius 1 is 1.05 bits per heavy atom. The minimum atomic E-state index is -0.433. The minimum absolute atomic E-state index is 0.387. The van der Waals surface area contributed by atoms with Crippen molar-refractivity contribution in [3.63, 3.8) is 0 Å². The first-order valence-electron chi connectivity index (χ1n) is 6.21. The maximum absolute atomic E-state index is 11.5. The second-order valence-electron chi connectivity index (χ2n) is 4.30. The third kappa shape index (κ3) is 3.13. The molecule has 0 aromatic heterocycles. The van der Waals surface area contributed by atoms with Crippen LogP contribution in [0.15, 0.2) is 54.6 Å². The lowest BCUT2D eigenvalue weighted by molar-refractivity contribution is 0.118. The fraction of sp³-hybridized carbons (Fsp3) is 0.188. The summed E-state index contributed by atoms with van der Waals surface area (Å²) in [5.41, 5.74) is 3.05. The Kier molecular flexibility index (Phi) is 4.18. The summed E-state index contributed by atoms with van der Waals surface area (Å²) in [5.74, 6) is 0. The SMILES string of the molecule is CNC(=O)OC(c1ccccc1)c1ccccc1C. The van der Waals surface area contributed by atoms with Crippen LogP contribution in [0.25, 0.3) is 0 Å². The first kappa shape index (κ1) is 13.1. The van der Waals surface area contributed by atoms with Gasteiger partial charge in [0.1, 0.15) is 0 Å². The van der Waals surface area contributed by atoms with Crippen molar-refractivity contribution in [3.05, 3.63) is 71.3 Å². The van der Waals surface area contributed by atoms with Crippen molar-refractivity contribution < 1.29 is 9.53 Å². The fourth-order valence-electron chi connectivity index (χ4n) is 1.99. The van der Waals surface area contributed by atoms with Crippen molar-refractivity contribution in [2.45, 2.75) is 13.0 Å². The molecule has 19 heavy (non-hydrogen) atoms. The number of carbonyl (C=O) groups excluding carboxylic acids is 1. The summed E-state index contributed by atoms with van der Waals surface area (Å²) in [5, 5.41) is 2.49. The van der Waals surface area contributed by atoms with E-state index in [1.54, 1.807) is 7.05 Å². The van der Waals surface area contributed by atoms with Crippen LogP contribution in [0.4, 0.5) is 4.79 Å². The van der Waals surface area contributed by atoms with Gasteiger partial charge in [0.15, 0.2) is 6.10 Å². The summed E-state index contributed by atoms with van der Waals surface area (Å²) in [4.78, 5) is 11.5. The molecule has 0 bridgehead atoms. The Bertz CT molecular complexity index is 552. The van der Waals surface area contributed by atoms with Gasteiger partial charge in [-0.25, -0.2) is 4.79 Å². The van der Waals surface area contributed by atoms with Crippen LogP contribution in [0.1, 0.15) is 22.8 Å². The molecule has 0 heterocycles. The van der Waals surface area contributed by atoms with Gasteiger partial charge in [0.25, 0.3) is 0 Å². The van der Waals surface area contributed by atoms with Gasteiger partial charge < -0.3 is 10.1 Å². The Morgan fingerprint density at radius 3 is 2.32 bits per heavy atom. The second-order valence-corrected chi connectivity index (χ2v) is 4.30. The van der Waals surface area contributed by atoms with Crippen LogP contribution in [0.2, 0.25) is 0 Å². The number of alkyl carbamates (subject to hydrolysis) is 1. The predicted molar refractivity (Wildman–Crippen MR) is 75.0 cm³/mol. The molecule has 3 heteroatoms. The summed E-state index contributed by atoms with van der Waals surface area (Å²) in [6, 6.07) is 17.7. The second kappa shape index (κ2) is 6.05. The maximum atomic E-state index is 11.5. The van der Waals surface area contributed by atoms with Gasteiger partial charge in [0.2, 0.25) is 0 Å². The lowest BCUT2D eigenvalue weighted by atomic mass is 9.97. The van der Waals surface area contributed by atoms with E-state index in [0.717, 1.165) is 16.7 Å². The largest absolute Gasteiger partial charge is 0.436 e. The number of ether oxygens (including phenoxy) is 1. The molecule has 0 aliphatic heterocycles. The number of benzene rings is 2. The number of aryl methyl sites for hydroxylation is 1. The van der Waals surface area contributed by atoms with Gasteiger partial charge in [-0.15, -0.1) is 0 Å². The average Bonchev–Trinajstić information content (AvgIpc) is 2.46. The predicted octanol–water partition coefficient (Wildman–Crippen LogP) is 3.44. The molecule has 1 amide bonds. The van der Waals surface area contributed by atoms with Crippen molar-refractivity contribution in [3.8, 4) is 0 Å². The lowest BCUT2D eigenvalue weighted by Gasteiger charge is -2.20. The van der Waals surface area contributed by atoms with E-state index in [0.29, 0.717) is 0 Å². The Hall–Kier alpha value is -2.29. The zero-order valence-corrected chi connectivity index (χ0v) is 11.1. The quantitative estimate of drug-likeness (QED) is 0.912. The number of carbonyl (C=O) groups is 1. The van der Waals surface area contributed by atoms with Gasteiger partial charge in [-0.05, 0) is 23.6 Å². The van der Waals surface area contributed by atoms with Gasteiger partial charge in [-0.1, -0.05) is 54.6 Å². The van der Waals surface area contributed by atoms with E-state index in [-0.39, 0.29) is 6.10 Å². The molecule has 3 nitrogen and oxygen atoms in total. The highest BCUT2D eigenvalue weighted by Crippen LogP contribution is 2.28. The molecule has 1 unspecified atom stereocenters. The first-order chi connectivity index (χ1) is 9.22. The van der Waals surface area contributed by atoms with Gasteiger partial charge in [0.05, 0.1) is 0 Å². The van der Waals surface area contributed by atoms with E-state index in [1.165, 1.54) is 0 Å². The van der Waals surface area contributed by atoms with E-state index < -0.39 is 6.09 Å². The van der Waals surface area contributed by atoms with Crippen molar-refractivity contribution in [1.29, 1.82) is 0 Å². The summed E-state index contributed by atoms with van der Waals surface area (Å²) in [7, 11) is 1.56. The number of amides is 1. The molecular weight excluding hydrogens is 238 g/mol. The van der Waals surface area contributed by atoms with Crippen LogP contribution in [-0.4, -0.2) is 13.1 Å². The van der Waals surface area contributed by atoms with Gasteiger partial charge in [-0.2, -0.15) is 0 Å². The molecule has 2 aromatic rings. The number of hydrogen-bond acceptors (Lipinski definition) is 2. The lowest BCUT2D eigenvalue weighted by Crippen LogP contribution is -2.22. The monoisotopic (exact) mass is 255 g/mol. The molecule has 0 saturated heterocycles. The Morgan fingerprint density at radius 2 is 1.68 bits per heavy atom. The molecule has 0 saturated carbocycles. The molecule has 0 aliphatic carbocycles. The summed E-state index contributed by atoms with van der Waals surface area (Å²) < 4.78 is 5.50. The highest BCUT2D eigenvalue weighted by Gasteiger charge is 2.19.